The van der Waals surface area contributed by atoms with Gasteiger partial charge in [0.05, 0.1) is 6.42 Å². The molecule has 0 aromatic heterocycles. The van der Waals surface area contributed by atoms with E-state index in [0.717, 1.165) is 6.42 Å². The quantitative estimate of drug-likeness (QED) is 0.838. The molecule has 0 saturated carbocycles. The van der Waals surface area contributed by atoms with Gasteiger partial charge in [0.25, 0.3) is 0 Å². The topological polar surface area (TPSA) is 54.4 Å². The smallest absolute Gasteiger partial charge is 0.303 e. The lowest BCUT2D eigenvalue weighted by Gasteiger charge is -2.00. The second-order valence-electron chi connectivity index (χ2n) is 5.02. The second-order valence-corrected chi connectivity index (χ2v) is 5.02. The van der Waals surface area contributed by atoms with E-state index in [1.54, 1.807) is 12.1 Å². The first-order chi connectivity index (χ1) is 10.5. The van der Waals surface area contributed by atoms with Crippen LogP contribution in [-0.2, 0) is 11.2 Å². The Balaban J connectivity index is 0.000000287. The summed E-state index contributed by atoms with van der Waals surface area (Å²) in [6, 6.07) is 17.6. The molecule has 0 radical (unpaired) electrons. The monoisotopic (exact) mass is 298 g/mol. The van der Waals surface area contributed by atoms with Crippen LogP contribution in [0.1, 0.15) is 41.3 Å². The van der Waals surface area contributed by atoms with E-state index >= 15 is 0 Å². The van der Waals surface area contributed by atoms with Crippen LogP contribution >= 0.6 is 0 Å². The Hall–Kier alpha value is -2.42. The molecule has 0 spiro atoms. The van der Waals surface area contributed by atoms with Gasteiger partial charge >= 0.3 is 5.97 Å². The zero-order valence-corrected chi connectivity index (χ0v) is 13.1. The lowest BCUT2D eigenvalue weighted by molar-refractivity contribution is -0.136. The fraction of sp³-hybridized carbons (Fsp3) is 0.263. The Morgan fingerprint density at radius 2 is 1.50 bits per heavy atom. The Morgan fingerprint density at radius 1 is 0.909 bits per heavy atom. The highest BCUT2D eigenvalue weighted by molar-refractivity contribution is 5.97. The van der Waals surface area contributed by atoms with Gasteiger partial charge in [-0.25, -0.2) is 0 Å². The van der Waals surface area contributed by atoms with Crippen molar-refractivity contribution in [2.24, 2.45) is 0 Å². The van der Waals surface area contributed by atoms with Crippen LogP contribution in [0.5, 0.6) is 0 Å². The van der Waals surface area contributed by atoms with Crippen LogP contribution in [0.2, 0.25) is 0 Å². The van der Waals surface area contributed by atoms with Crippen LogP contribution in [-0.4, -0.2) is 16.9 Å². The van der Waals surface area contributed by atoms with Crippen LogP contribution in [0.4, 0.5) is 0 Å². The van der Waals surface area contributed by atoms with Gasteiger partial charge in [-0.1, -0.05) is 67.1 Å². The molecule has 0 aliphatic heterocycles. The number of hydrogen-bond acceptors (Lipinski definition) is 2. The first-order valence-corrected chi connectivity index (χ1v) is 7.38. The standard InChI is InChI=1S/C12H14O3.C7H8/c1-2-9-3-5-10(6-4-9)11(13)7-8-12(14)15;1-7-5-3-2-4-6-7/h3-6H,2,7-8H2,1H3,(H,14,15);2-6H,1H3. The molecule has 3 heteroatoms. The maximum atomic E-state index is 11.5. The molecule has 0 bridgehead atoms. The molecular formula is C19H22O3. The molecular weight excluding hydrogens is 276 g/mol. The van der Waals surface area contributed by atoms with Crippen LogP contribution in [0.25, 0.3) is 0 Å². The molecule has 0 unspecified atom stereocenters. The van der Waals surface area contributed by atoms with Crippen LogP contribution in [0.15, 0.2) is 54.6 Å². The highest BCUT2D eigenvalue weighted by Gasteiger charge is 2.07. The summed E-state index contributed by atoms with van der Waals surface area (Å²) in [5.41, 5.74) is 3.08. The molecule has 116 valence electrons. The van der Waals surface area contributed by atoms with Gasteiger partial charge in [-0.15, -0.1) is 0 Å². The summed E-state index contributed by atoms with van der Waals surface area (Å²) in [7, 11) is 0. The van der Waals surface area contributed by atoms with Gasteiger partial charge in [0.2, 0.25) is 0 Å². The van der Waals surface area contributed by atoms with Crippen molar-refractivity contribution in [2.45, 2.75) is 33.1 Å². The van der Waals surface area contributed by atoms with Gasteiger partial charge in [-0.3, -0.25) is 9.59 Å². The molecule has 0 aliphatic rings. The third kappa shape index (κ3) is 6.84. The highest BCUT2D eigenvalue weighted by Crippen LogP contribution is 2.08. The molecule has 2 aromatic carbocycles. The number of carboxylic acid groups (broad SMARTS) is 1. The molecule has 3 nitrogen and oxygen atoms in total. The maximum absolute atomic E-state index is 11.5. The largest absolute Gasteiger partial charge is 0.481 e. The van der Waals surface area contributed by atoms with Gasteiger partial charge in [0.1, 0.15) is 0 Å². The molecule has 0 amide bonds. The summed E-state index contributed by atoms with van der Waals surface area (Å²) in [4.78, 5) is 21.8. The minimum atomic E-state index is -0.937. The molecule has 1 N–H and O–H groups in total. The van der Waals surface area contributed by atoms with E-state index in [1.165, 1.54) is 11.1 Å². The predicted molar refractivity (Wildman–Crippen MR) is 88.2 cm³/mol. The minimum Gasteiger partial charge on any atom is -0.481 e. The fourth-order valence-corrected chi connectivity index (χ4v) is 1.83. The number of rotatable bonds is 5. The summed E-state index contributed by atoms with van der Waals surface area (Å²) < 4.78 is 0. The summed E-state index contributed by atoms with van der Waals surface area (Å²) in [5, 5.41) is 8.44. The molecule has 2 aromatic rings. The number of benzene rings is 2. The molecule has 0 heterocycles. The molecule has 2 rings (SSSR count). The van der Waals surface area contributed by atoms with Gasteiger partial charge < -0.3 is 5.11 Å². The van der Waals surface area contributed by atoms with Gasteiger partial charge in [0.15, 0.2) is 5.78 Å². The van der Waals surface area contributed by atoms with Crippen LogP contribution in [0, 0.1) is 6.92 Å². The fourth-order valence-electron chi connectivity index (χ4n) is 1.83. The van der Waals surface area contributed by atoms with E-state index in [-0.39, 0.29) is 18.6 Å². The third-order valence-corrected chi connectivity index (χ3v) is 3.19. The number of hydrogen-bond donors (Lipinski definition) is 1. The zero-order valence-electron chi connectivity index (χ0n) is 13.1. The number of ketones is 1. The lowest BCUT2D eigenvalue weighted by Crippen LogP contribution is -2.03. The lowest BCUT2D eigenvalue weighted by atomic mass is 10.0. The Kier molecular flexibility index (Phi) is 7.62. The SMILES string of the molecule is CCc1ccc(C(=O)CCC(=O)O)cc1.Cc1ccccc1. The summed E-state index contributed by atoms with van der Waals surface area (Å²) in [6.07, 6.45) is 0.902. The first kappa shape index (κ1) is 17.6. The Morgan fingerprint density at radius 3 is 1.91 bits per heavy atom. The second kappa shape index (κ2) is 9.50. The number of aliphatic carboxylic acids is 1. The maximum Gasteiger partial charge on any atom is 0.303 e. The van der Waals surface area contributed by atoms with Crippen molar-refractivity contribution in [3.63, 3.8) is 0 Å². The van der Waals surface area contributed by atoms with Gasteiger partial charge in [-0.2, -0.15) is 0 Å². The van der Waals surface area contributed by atoms with E-state index in [4.69, 9.17) is 5.11 Å². The van der Waals surface area contributed by atoms with Crippen molar-refractivity contribution in [1.29, 1.82) is 0 Å². The number of carbonyl (C=O) groups is 2. The molecule has 0 aliphatic carbocycles. The number of carbonyl (C=O) groups excluding carboxylic acids is 1. The van der Waals surface area contributed by atoms with Crippen molar-refractivity contribution >= 4 is 11.8 Å². The average Bonchev–Trinajstić information content (AvgIpc) is 2.54. The number of Topliss-reactive ketones (excluding diaryl/α,β-unsaturated/α-hetero) is 1. The third-order valence-electron chi connectivity index (χ3n) is 3.19. The van der Waals surface area contributed by atoms with Crippen molar-refractivity contribution < 1.29 is 14.7 Å². The van der Waals surface area contributed by atoms with Crippen molar-refractivity contribution in [3.8, 4) is 0 Å². The number of carboxylic acids is 1. The number of aryl methyl sites for hydroxylation is 2. The van der Waals surface area contributed by atoms with E-state index in [1.807, 2.05) is 37.3 Å². The van der Waals surface area contributed by atoms with E-state index in [9.17, 15) is 9.59 Å². The minimum absolute atomic E-state index is 0.0702. The summed E-state index contributed by atoms with van der Waals surface area (Å²) >= 11 is 0. The molecule has 0 fully saturated rings. The summed E-state index contributed by atoms with van der Waals surface area (Å²) in [5.74, 6) is -1.05. The predicted octanol–water partition coefficient (Wildman–Crippen LogP) is 4.29. The Labute approximate surface area is 131 Å². The summed E-state index contributed by atoms with van der Waals surface area (Å²) in [6.45, 7) is 4.13. The zero-order chi connectivity index (χ0) is 16.4. The first-order valence-electron chi connectivity index (χ1n) is 7.38. The Bertz CT molecular complexity index is 586. The molecule has 0 saturated heterocycles. The van der Waals surface area contributed by atoms with Crippen molar-refractivity contribution in [2.75, 3.05) is 0 Å². The van der Waals surface area contributed by atoms with E-state index in [2.05, 4.69) is 19.1 Å². The van der Waals surface area contributed by atoms with Crippen molar-refractivity contribution in [3.05, 3.63) is 71.3 Å². The van der Waals surface area contributed by atoms with Crippen LogP contribution < -0.4 is 0 Å². The van der Waals surface area contributed by atoms with E-state index in [0.29, 0.717) is 5.56 Å². The molecule has 22 heavy (non-hydrogen) atoms. The highest BCUT2D eigenvalue weighted by atomic mass is 16.4. The van der Waals surface area contributed by atoms with E-state index < -0.39 is 5.97 Å². The normalized spacial score (nSPS) is 9.55. The van der Waals surface area contributed by atoms with Gasteiger partial charge in [-0.05, 0) is 18.9 Å². The molecule has 0 atom stereocenters. The van der Waals surface area contributed by atoms with Crippen LogP contribution in [0.3, 0.4) is 0 Å². The van der Waals surface area contributed by atoms with Gasteiger partial charge in [0, 0.05) is 12.0 Å². The average molecular weight is 298 g/mol. The van der Waals surface area contributed by atoms with Crippen molar-refractivity contribution in [1.82, 2.24) is 0 Å².